The third-order valence-electron chi connectivity index (χ3n) is 3.79. The van der Waals surface area contributed by atoms with Crippen LogP contribution in [0.25, 0.3) is 0 Å². The van der Waals surface area contributed by atoms with Gasteiger partial charge in [-0.1, -0.05) is 0 Å². The fourth-order valence-corrected chi connectivity index (χ4v) is 3.83. The van der Waals surface area contributed by atoms with Crippen LogP contribution >= 0.6 is 11.3 Å². The van der Waals surface area contributed by atoms with Crippen molar-refractivity contribution in [2.45, 2.75) is 12.7 Å². The zero-order valence-corrected chi connectivity index (χ0v) is 10.7. The van der Waals surface area contributed by atoms with Crippen molar-refractivity contribution in [2.24, 2.45) is 11.8 Å². The van der Waals surface area contributed by atoms with Gasteiger partial charge < -0.3 is 5.32 Å². The van der Waals surface area contributed by atoms with Gasteiger partial charge in [-0.3, -0.25) is 4.90 Å². The van der Waals surface area contributed by atoms with Crippen LogP contribution in [0.1, 0.15) is 9.75 Å². The van der Waals surface area contributed by atoms with E-state index in [2.05, 4.69) is 10.2 Å². The van der Waals surface area contributed by atoms with Gasteiger partial charge in [0.2, 0.25) is 0 Å². The summed E-state index contributed by atoms with van der Waals surface area (Å²) in [5.41, 5.74) is 0. The summed E-state index contributed by atoms with van der Waals surface area (Å²) in [6.45, 7) is 4.79. The van der Waals surface area contributed by atoms with Crippen LogP contribution in [-0.4, -0.2) is 31.1 Å². The first-order valence-corrected chi connectivity index (χ1v) is 6.93. The highest BCUT2D eigenvalue weighted by atomic mass is 32.1. The molecule has 1 N–H and O–H groups in total. The predicted molar refractivity (Wildman–Crippen MR) is 64.4 cm³/mol. The molecule has 0 spiro atoms. The van der Waals surface area contributed by atoms with Crippen molar-refractivity contribution in [2.75, 3.05) is 26.2 Å². The van der Waals surface area contributed by atoms with E-state index in [1.165, 1.54) is 6.07 Å². The molecule has 0 aromatic carbocycles. The molecule has 0 radical (unpaired) electrons. The molecule has 1 aromatic heterocycles. The summed E-state index contributed by atoms with van der Waals surface area (Å²) in [5, 5.41) is 3.36. The van der Waals surface area contributed by atoms with Gasteiger partial charge in [-0.05, 0) is 37.1 Å². The Morgan fingerprint density at radius 2 is 1.89 bits per heavy atom. The highest BCUT2D eigenvalue weighted by Gasteiger charge is 2.36. The summed E-state index contributed by atoms with van der Waals surface area (Å²) in [6.07, 6.45) is -4.20. The van der Waals surface area contributed by atoms with E-state index in [1.807, 2.05) is 0 Å². The highest BCUT2D eigenvalue weighted by molar-refractivity contribution is 7.12. The van der Waals surface area contributed by atoms with Crippen molar-refractivity contribution < 1.29 is 13.2 Å². The molecule has 18 heavy (non-hydrogen) atoms. The zero-order chi connectivity index (χ0) is 12.8. The van der Waals surface area contributed by atoms with Gasteiger partial charge in [0.15, 0.2) is 0 Å². The van der Waals surface area contributed by atoms with E-state index in [9.17, 15) is 13.2 Å². The van der Waals surface area contributed by atoms with Crippen molar-refractivity contribution in [3.8, 4) is 0 Å². The molecule has 0 bridgehead atoms. The number of hydrogen-bond donors (Lipinski definition) is 1. The van der Waals surface area contributed by atoms with Crippen LogP contribution in [0.5, 0.6) is 0 Å². The van der Waals surface area contributed by atoms with Crippen LogP contribution in [0, 0.1) is 11.8 Å². The lowest BCUT2D eigenvalue weighted by molar-refractivity contribution is -0.134. The van der Waals surface area contributed by atoms with Crippen LogP contribution in [-0.2, 0) is 12.7 Å². The molecule has 0 unspecified atom stereocenters. The van der Waals surface area contributed by atoms with Crippen molar-refractivity contribution in [1.82, 2.24) is 10.2 Å². The minimum absolute atomic E-state index is 0.487. The van der Waals surface area contributed by atoms with Gasteiger partial charge in [-0.15, -0.1) is 11.3 Å². The summed E-state index contributed by atoms with van der Waals surface area (Å²) < 4.78 is 37.5. The second-order valence-electron chi connectivity index (χ2n) is 5.14. The van der Waals surface area contributed by atoms with E-state index >= 15 is 0 Å². The third kappa shape index (κ3) is 2.41. The lowest BCUT2D eigenvalue weighted by Gasteiger charge is -2.15. The standard InChI is InChI=1S/C12H15F3N2S/c13-12(14,15)11-2-1-10(18-11)7-17-5-8-3-16-4-9(8)6-17/h1-2,8-9,16H,3-7H2/t8-,9+. The Morgan fingerprint density at radius 1 is 1.22 bits per heavy atom. The van der Waals surface area contributed by atoms with Crippen molar-refractivity contribution in [3.05, 3.63) is 21.9 Å². The Bertz CT molecular complexity index is 417. The Kier molecular flexibility index (Phi) is 3.11. The highest BCUT2D eigenvalue weighted by Crippen LogP contribution is 2.36. The van der Waals surface area contributed by atoms with E-state index in [0.717, 1.165) is 42.4 Å². The number of halogens is 3. The summed E-state index contributed by atoms with van der Waals surface area (Å²) in [7, 11) is 0. The molecular formula is C12H15F3N2S. The van der Waals surface area contributed by atoms with Crippen LogP contribution in [0.15, 0.2) is 12.1 Å². The normalized spacial score (nSPS) is 28.8. The van der Waals surface area contributed by atoms with E-state index in [-0.39, 0.29) is 0 Å². The molecule has 0 saturated carbocycles. The lowest BCUT2D eigenvalue weighted by atomic mass is 10.0. The molecule has 2 fully saturated rings. The number of thiophene rings is 1. The number of fused-ring (bicyclic) bond motifs is 1. The summed E-state index contributed by atoms with van der Waals surface area (Å²) >= 11 is 0.872. The number of nitrogens with zero attached hydrogens (tertiary/aromatic N) is 1. The topological polar surface area (TPSA) is 15.3 Å². The van der Waals surface area contributed by atoms with Gasteiger partial charge >= 0.3 is 6.18 Å². The molecule has 3 rings (SSSR count). The molecule has 2 nitrogen and oxygen atoms in total. The van der Waals surface area contributed by atoms with Crippen LogP contribution in [0.3, 0.4) is 0 Å². The molecule has 2 aliphatic heterocycles. The fourth-order valence-electron chi connectivity index (χ4n) is 2.92. The minimum Gasteiger partial charge on any atom is -0.316 e. The molecule has 2 aliphatic rings. The van der Waals surface area contributed by atoms with Crippen molar-refractivity contribution in [3.63, 3.8) is 0 Å². The molecule has 2 saturated heterocycles. The van der Waals surface area contributed by atoms with Gasteiger partial charge in [0, 0.05) is 24.5 Å². The number of rotatable bonds is 2. The minimum atomic E-state index is -4.20. The average molecular weight is 276 g/mol. The van der Waals surface area contributed by atoms with Gasteiger partial charge in [-0.2, -0.15) is 13.2 Å². The van der Waals surface area contributed by atoms with Crippen LogP contribution < -0.4 is 5.32 Å². The van der Waals surface area contributed by atoms with Crippen LogP contribution in [0.4, 0.5) is 13.2 Å². The SMILES string of the molecule is FC(F)(F)c1ccc(CN2C[C@H]3CNC[C@H]3C2)s1. The largest absolute Gasteiger partial charge is 0.425 e. The first-order valence-electron chi connectivity index (χ1n) is 6.11. The summed E-state index contributed by atoms with van der Waals surface area (Å²) in [6, 6.07) is 2.80. The molecule has 3 heterocycles. The molecule has 1 aromatic rings. The second-order valence-corrected chi connectivity index (χ2v) is 6.30. The zero-order valence-electron chi connectivity index (χ0n) is 9.83. The van der Waals surface area contributed by atoms with Crippen LogP contribution in [0.2, 0.25) is 0 Å². The Morgan fingerprint density at radius 3 is 2.44 bits per heavy atom. The average Bonchev–Trinajstić information content (AvgIpc) is 2.90. The molecule has 6 heteroatoms. The maximum atomic E-state index is 12.5. The van der Waals surface area contributed by atoms with Gasteiger partial charge in [-0.25, -0.2) is 0 Å². The molecule has 0 amide bonds. The van der Waals surface area contributed by atoms with Gasteiger partial charge in [0.05, 0.1) is 0 Å². The molecule has 0 aliphatic carbocycles. The Balaban J connectivity index is 1.62. The van der Waals surface area contributed by atoms with E-state index in [4.69, 9.17) is 0 Å². The number of alkyl halides is 3. The third-order valence-corrected chi connectivity index (χ3v) is 4.90. The quantitative estimate of drug-likeness (QED) is 0.892. The first kappa shape index (κ1) is 12.4. The fraction of sp³-hybridized carbons (Fsp3) is 0.667. The maximum Gasteiger partial charge on any atom is 0.425 e. The maximum absolute atomic E-state index is 12.5. The van der Waals surface area contributed by atoms with Crippen molar-refractivity contribution >= 4 is 11.3 Å². The van der Waals surface area contributed by atoms with E-state index in [0.29, 0.717) is 18.4 Å². The Labute approximate surface area is 108 Å². The number of likely N-dealkylation sites (tertiary alicyclic amines) is 1. The van der Waals surface area contributed by atoms with Gasteiger partial charge in [0.1, 0.15) is 4.88 Å². The molecule has 100 valence electrons. The van der Waals surface area contributed by atoms with E-state index < -0.39 is 11.1 Å². The summed E-state index contributed by atoms with van der Waals surface area (Å²) in [4.78, 5) is 2.61. The molecule has 2 atom stereocenters. The van der Waals surface area contributed by atoms with Crippen molar-refractivity contribution in [1.29, 1.82) is 0 Å². The smallest absolute Gasteiger partial charge is 0.316 e. The molecular weight excluding hydrogens is 261 g/mol. The predicted octanol–water partition coefficient (Wildman–Crippen LogP) is 2.42. The Hall–Kier alpha value is -0.590. The number of hydrogen-bond acceptors (Lipinski definition) is 3. The number of nitrogens with one attached hydrogen (secondary N) is 1. The summed E-state index contributed by atoms with van der Waals surface area (Å²) in [5.74, 6) is 1.37. The first-order chi connectivity index (χ1) is 8.52. The monoisotopic (exact) mass is 276 g/mol. The van der Waals surface area contributed by atoms with E-state index in [1.54, 1.807) is 6.07 Å². The lowest BCUT2D eigenvalue weighted by Crippen LogP contribution is -2.25. The van der Waals surface area contributed by atoms with Gasteiger partial charge in [0.25, 0.3) is 0 Å². The second kappa shape index (κ2) is 4.51.